The van der Waals surface area contributed by atoms with Crippen LogP contribution in [0.25, 0.3) is 0 Å². The predicted molar refractivity (Wildman–Crippen MR) is 60.2 cm³/mol. The van der Waals surface area contributed by atoms with Crippen LogP contribution < -0.4 is 0 Å². The molecule has 13 heavy (non-hydrogen) atoms. The molecule has 0 fully saturated rings. The summed E-state index contributed by atoms with van der Waals surface area (Å²) in [5.74, 6) is 0. The minimum absolute atomic E-state index is 0.459. The molecule has 1 aromatic carbocycles. The van der Waals surface area contributed by atoms with E-state index in [1.165, 1.54) is 5.56 Å². The smallest absolute Gasteiger partial charge is 0.0781 e. The third-order valence-electron chi connectivity index (χ3n) is 2.03. The molecule has 0 amide bonds. The van der Waals surface area contributed by atoms with Gasteiger partial charge in [-0.1, -0.05) is 48.1 Å². The molecule has 0 radical (unpaired) electrons. The Labute approximate surface area is 93.8 Å². The van der Waals surface area contributed by atoms with E-state index in [0.717, 1.165) is 18.4 Å². The third-order valence-corrected chi connectivity index (χ3v) is 3.39. The Hall–Kier alpha value is 0.0900. The topological polar surface area (TPSA) is 0 Å². The second-order valence-corrected chi connectivity index (χ2v) is 4.18. The van der Waals surface area contributed by atoms with Crippen LogP contribution in [-0.4, -0.2) is 0 Å². The lowest BCUT2D eigenvalue weighted by Crippen LogP contribution is -1.90. The monoisotopic (exact) mass is 236 g/mol. The van der Waals surface area contributed by atoms with Crippen LogP contribution in [0, 0.1) is 6.92 Å². The van der Waals surface area contributed by atoms with Gasteiger partial charge in [0.1, 0.15) is 0 Å². The Bertz CT molecular complexity index is 318. The first-order chi connectivity index (χ1) is 6.07. The maximum absolute atomic E-state index is 6.01. The van der Waals surface area contributed by atoms with Crippen LogP contribution in [0.3, 0.4) is 0 Å². The fraction of sp³-hybridized carbons (Fsp3) is 0.400. The summed E-state index contributed by atoms with van der Waals surface area (Å²) in [5.41, 5.74) is 2.22. The van der Waals surface area contributed by atoms with Crippen molar-refractivity contribution in [3.63, 3.8) is 0 Å². The van der Waals surface area contributed by atoms with Crippen LogP contribution in [0.4, 0.5) is 0 Å². The van der Waals surface area contributed by atoms with Crippen molar-refractivity contribution in [2.24, 2.45) is 0 Å². The second-order valence-electron chi connectivity index (χ2n) is 3.02. The Morgan fingerprint density at radius 1 is 1.15 bits per heavy atom. The summed E-state index contributed by atoms with van der Waals surface area (Å²) in [7, 11) is 0. The van der Waals surface area contributed by atoms with Gasteiger partial charge in [0.15, 0.2) is 0 Å². The van der Waals surface area contributed by atoms with Gasteiger partial charge in [0.05, 0.1) is 15.1 Å². The van der Waals surface area contributed by atoms with E-state index in [1.807, 2.05) is 13.0 Å². The van der Waals surface area contributed by atoms with Crippen molar-refractivity contribution in [2.45, 2.75) is 26.7 Å². The van der Waals surface area contributed by atoms with E-state index in [9.17, 15) is 0 Å². The van der Waals surface area contributed by atoms with Crippen molar-refractivity contribution in [1.82, 2.24) is 0 Å². The fourth-order valence-electron chi connectivity index (χ4n) is 1.26. The van der Waals surface area contributed by atoms with Crippen molar-refractivity contribution in [3.8, 4) is 0 Å². The molecule has 0 saturated carbocycles. The summed E-state index contributed by atoms with van der Waals surface area (Å²) in [6, 6.07) is 1.90. The average molecular weight is 238 g/mol. The molecule has 0 aliphatic rings. The number of benzene rings is 1. The molecule has 1 aromatic rings. The van der Waals surface area contributed by atoms with Crippen LogP contribution in [0.1, 0.15) is 24.5 Å². The van der Waals surface area contributed by atoms with E-state index >= 15 is 0 Å². The van der Waals surface area contributed by atoms with Gasteiger partial charge >= 0.3 is 0 Å². The quantitative estimate of drug-likeness (QED) is 0.641. The van der Waals surface area contributed by atoms with Crippen molar-refractivity contribution in [1.29, 1.82) is 0 Å². The number of hydrogen-bond donors (Lipinski definition) is 0. The summed E-state index contributed by atoms with van der Waals surface area (Å²) in [4.78, 5) is 0. The Morgan fingerprint density at radius 3 is 2.31 bits per heavy atom. The zero-order valence-electron chi connectivity index (χ0n) is 7.63. The average Bonchev–Trinajstić information content (AvgIpc) is 2.11. The maximum atomic E-state index is 6.01. The van der Waals surface area contributed by atoms with Gasteiger partial charge in [-0.05, 0) is 30.5 Å². The second kappa shape index (κ2) is 4.54. The van der Waals surface area contributed by atoms with Crippen LogP contribution in [0.15, 0.2) is 6.07 Å². The molecule has 0 nitrogen and oxygen atoms in total. The molecular weight excluding hydrogens is 226 g/mol. The maximum Gasteiger partial charge on any atom is 0.0781 e. The van der Waals surface area contributed by atoms with Gasteiger partial charge < -0.3 is 0 Å². The van der Waals surface area contributed by atoms with Crippen molar-refractivity contribution in [2.75, 3.05) is 0 Å². The highest BCUT2D eigenvalue weighted by Gasteiger charge is 2.10. The summed E-state index contributed by atoms with van der Waals surface area (Å²) >= 11 is 17.8. The largest absolute Gasteiger partial charge is 0.0826 e. The molecule has 0 aliphatic heterocycles. The van der Waals surface area contributed by atoms with Crippen molar-refractivity contribution < 1.29 is 0 Å². The molecule has 0 saturated heterocycles. The first-order valence-electron chi connectivity index (χ1n) is 4.20. The Morgan fingerprint density at radius 2 is 1.77 bits per heavy atom. The lowest BCUT2D eigenvalue weighted by molar-refractivity contribution is 0.913. The first kappa shape index (κ1) is 11.2. The number of hydrogen-bond acceptors (Lipinski definition) is 0. The molecule has 0 aromatic heterocycles. The van der Waals surface area contributed by atoms with E-state index in [0.29, 0.717) is 15.1 Å². The standard InChI is InChI=1S/C10H11Cl3/c1-3-4-7-5-8(11)10(13)9(12)6(7)2/h5H,3-4H2,1-2H3. The lowest BCUT2D eigenvalue weighted by Gasteiger charge is -2.09. The van der Waals surface area contributed by atoms with Gasteiger partial charge in [0.2, 0.25) is 0 Å². The van der Waals surface area contributed by atoms with E-state index in [4.69, 9.17) is 34.8 Å². The molecular formula is C10H11Cl3. The van der Waals surface area contributed by atoms with Crippen LogP contribution >= 0.6 is 34.8 Å². The molecule has 0 unspecified atom stereocenters. The SMILES string of the molecule is CCCc1cc(Cl)c(Cl)c(Cl)c1C. The molecule has 0 heterocycles. The molecule has 72 valence electrons. The molecule has 0 bridgehead atoms. The molecule has 0 atom stereocenters. The highest BCUT2D eigenvalue weighted by Crippen LogP contribution is 2.35. The normalized spacial score (nSPS) is 10.5. The first-order valence-corrected chi connectivity index (χ1v) is 5.34. The van der Waals surface area contributed by atoms with E-state index in [-0.39, 0.29) is 0 Å². The minimum Gasteiger partial charge on any atom is -0.0826 e. The van der Waals surface area contributed by atoms with Gasteiger partial charge in [0, 0.05) is 0 Å². The van der Waals surface area contributed by atoms with Gasteiger partial charge in [-0.3, -0.25) is 0 Å². The fourth-order valence-corrected chi connectivity index (χ4v) is 1.96. The van der Waals surface area contributed by atoms with Gasteiger partial charge in [0.25, 0.3) is 0 Å². The van der Waals surface area contributed by atoms with Gasteiger partial charge in [-0.25, -0.2) is 0 Å². The molecule has 1 rings (SSSR count). The number of halogens is 3. The van der Waals surface area contributed by atoms with Crippen LogP contribution in [0.5, 0.6) is 0 Å². The summed E-state index contributed by atoms with van der Waals surface area (Å²) in [5, 5.41) is 1.58. The highest BCUT2D eigenvalue weighted by atomic mass is 35.5. The van der Waals surface area contributed by atoms with Crippen molar-refractivity contribution >= 4 is 34.8 Å². The zero-order valence-corrected chi connectivity index (χ0v) is 9.89. The van der Waals surface area contributed by atoms with Crippen molar-refractivity contribution in [3.05, 3.63) is 32.3 Å². The predicted octanol–water partition coefficient (Wildman–Crippen LogP) is 4.91. The van der Waals surface area contributed by atoms with Crippen LogP contribution in [0.2, 0.25) is 15.1 Å². The molecule has 3 heteroatoms. The zero-order chi connectivity index (χ0) is 10.0. The number of rotatable bonds is 2. The molecule has 0 aliphatic carbocycles. The van der Waals surface area contributed by atoms with E-state index in [2.05, 4.69) is 6.92 Å². The Kier molecular flexibility index (Phi) is 3.90. The number of aryl methyl sites for hydroxylation is 1. The van der Waals surface area contributed by atoms with Crippen LogP contribution in [-0.2, 0) is 6.42 Å². The molecule has 0 spiro atoms. The highest BCUT2D eigenvalue weighted by molar-refractivity contribution is 6.48. The Balaban J connectivity index is 3.24. The molecule has 0 N–H and O–H groups in total. The van der Waals surface area contributed by atoms with Gasteiger partial charge in [-0.15, -0.1) is 0 Å². The lowest BCUT2D eigenvalue weighted by atomic mass is 10.0. The third kappa shape index (κ3) is 2.31. The summed E-state index contributed by atoms with van der Waals surface area (Å²) in [6.45, 7) is 4.09. The van der Waals surface area contributed by atoms with Gasteiger partial charge in [-0.2, -0.15) is 0 Å². The minimum atomic E-state index is 0.459. The van der Waals surface area contributed by atoms with E-state index < -0.39 is 0 Å². The summed E-state index contributed by atoms with van der Waals surface area (Å²) < 4.78 is 0. The van der Waals surface area contributed by atoms with E-state index in [1.54, 1.807) is 0 Å². The summed E-state index contributed by atoms with van der Waals surface area (Å²) in [6.07, 6.45) is 2.07.